The molecule has 4 rings (SSSR count). The van der Waals surface area contributed by atoms with Crippen molar-refractivity contribution in [3.8, 4) is 5.75 Å². The van der Waals surface area contributed by atoms with Gasteiger partial charge in [0.25, 0.3) is 5.60 Å². The van der Waals surface area contributed by atoms with E-state index in [1.165, 1.54) is 13.2 Å². The van der Waals surface area contributed by atoms with Gasteiger partial charge in [0.1, 0.15) is 5.75 Å². The molecule has 1 heterocycles. The Morgan fingerprint density at radius 1 is 0.974 bits per heavy atom. The number of alkyl halides is 9. The van der Waals surface area contributed by atoms with Crippen molar-refractivity contribution >= 4 is 11.5 Å². The number of ether oxygens (including phenoxy) is 2. The molecule has 2 aromatic carbocycles. The number of benzene rings is 2. The summed E-state index contributed by atoms with van der Waals surface area (Å²) in [6.07, 6.45) is -18.8. The van der Waals surface area contributed by atoms with Crippen molar-refractivity contribution in [2.75, 3.05) is 38.3 Å². The smallest absolute Gasteiger partial charge is 0.430 e. The topological polar surface area (TPSA) is 59.0 Å². The molecular formula is C25H22F9NO4. The van der Waals surface area contributed by atoms with Gasteiger partial charge in [0.15, 0.2) is 5.78 Å². The summed E-state index contributed by atoms with van der Waals surface area (Å²) in [4.78, 5) is 15.1. The normalized spacial score (nSPS) is 18.9. The maximum absolute atomic E-state index is 13.6. The van der Waals surface area contributed by atoms with Crippen molar-refractivity contribution in [1.82, 2.24) is 0 Å². The van der Waals surface area contributed by atoms with Crippen LogP contribution in [0, 0.1) is 5.92 Å². The number of hydrogen-bond donors (Lipinski definition) is 1. The van der Waals surface area contributed by atoms with Gasteiger partial charge in [-0.25, -0.2) is 0 Å². The molecule has 0 radical (unpaired) electrons. The minimum absolute atomic E-state index is 0.0337. The molecule has 0 saturated carbocycles. The summed E-state index contributed by atoms with van der Waals surface area (Å²) in [5, 5.41) is 9.94. The Hall–Kier alpha value is -3.00. The van der Waals surface area contributed by atoms with Gasteiger partial charge in [-0.2, -0.15) is 39.5 Å². The average Bonchev–Trinajstić information content (AvgIpc) is 3.15. The highest BCUT2D eigenvalue weighted by atomic mass is 19.4. The molecule has 1 fully saturated rings. The van der Waals surface area contributed by atoms with Gasteiger partial charge in [-0.1, -0.05) is 6.07 Å². The summed E-state index contributed by atoms with van der Waals surface area (Å²) in [6, 6.07) is 3.13. The molecule has 1 unspecified atom stereocenters. The molecule has 0 spiro atoms. The van der Waals surface area contributed by atoms with Crippen LogP contribution in [0.5, 0.6) is 5.75 Å². The second-order valence-corrected chi connectivity index (χ2v) is 9.33. The number of Topliss-reactive ketones (excluding diaryl/α,β-unsaturated/α-hetero) is 1. The predicted molar refractivity (Wildman–Crippen MR) is 119 cm³/mol. The minimum Gasteiger partial charge on any atom is -0.495 e. The third kappa shape index (κ3) is 5.15. The molecule has 0 amide bonds. The van der Waals surface area contributed by atoms with Crippen LogP contribution in [-0.2, 0) is 29.4 Å². The average molecular weight is 571 g/mol. The lowest BCUT2D eigenvalue weighted by Gasteiger charge is -2.34. The van der Waals surface area contributed by atoms with Crippen molar-refractivity contribution in [2.45, 2.75) is 37.0 Å². The highest BCUT2D eigenvalue weighted by Crippen LogP contribution is 2.52. The summed E-state index contributed by atoms with van der Waals surface area (Å²) in [5.41, 5.74) is -8.77. The third-order valence-electron chi connectivity index (χ3n) is 6.97. The van der Waals surface area contributed by atoms with E-state index in [4.69, 9.17) is 9.47 Å². The Bertz CT molecular complexity index is 1230. The first kappa shape index (κ1) is 29.0. The summed E-state index contributed by atoms with van der Waals surface area (Å²) < 4.78 is 133. The maximum atomic E-state index is 13.6. The fraction of sp³-hybridized carbons (Fsp3) is 0.480. The number of rotatable bonds is 5. The van der Waals surface area contributed by atoms with Gasteiger partial charge in [-0.3, -0.25) is 4.79 Å². The van der Waals surface area contributed by atoms with E-state index in [2.05, 4.69) is 0 Å². The molecule has 2 aromatic rings. The Morgan fingerprint density at radius 3 is 2.13 bits per heavy atom. The van der Waals surface area contributed by atoms with Crippen molar-refractivity contribution in [1.29, 1.82) is 0 Å². The van der Waals surface area contributed by atoms with Crippen molar-refractivity contribution in [2.24, 2.45) is 5.92 Å². The maximum Gasteiger partial charge on any atom is 0.430 e. The number of aliphatic hydroxyl groups is 1. The molecule has 14 heteroatoms. The van der Waals surface area contributed by atoms with Crippen LogP contribution < -0.4 is 9.64 Å². The molecule has 2 aliphatic rings. The molecular weight excluding hydrogens is 549 g/mol. The first-order valence-electron chi connectivity index (χ1n) is 11.6. The van der Waals surface area contributed by atoms with E-state index < -0.39 is 58.9 Å². The van der Waals surface area contributed by atoms with E-state index in [1.807, 2.05) is 4.90 Å². The van der Waals surface area contributed by atoms with E-state index in [1.54, 1.807) is 6.07 Å². The van der Waals surface area contributed by atoms with Crippen LogP contribution in [0.25, 0.3) is 0 Å². The van der Waals surface area contributed by atoms with Gasteiger partial charge in [-0.15, -0.1) is 0 Å². The molecule has 5 nitrogen and oxygen atoms in total. The Morgan fingerprint density at radius 2 is 1.59 bits per heavy atom. The summed E-state index contributed by atoms with van der Waals surface area (Å²) in [7, 11) is 1.35. The Labute approximate surface area is 216 Å². The molecule has 1 N–H and O–H groups in total. The SMILES string of the molecule is COc1cc2c(cc1N1CCOCC1)CC(Cc1cc(C(F)(F)F)ccc1C(O)(C(F)(F)F)C(F)(F)F)C2=O. The first-order valence-corrected chi connectivity index (χ1v) is 11.6. The number of halogens is 9. The second-order valence-electron chi connectivity index (χ2n) is 9.33. The quantitative estimate of drug-likeness (QED) is 0.484. The fourth-order valence-corrected chi connectivity index (χ4v) is 4.99. The molecule has 1 saturated heterocycles. The van der Waals surface area contributed by atoms with E-state index in [0.717, 1.165) is 0 Å². The molecule has 39 heavy (non-hydrogen) atoms. The van der Waals surface area contributed by atoms with E-state index >= 15 is 0 Å². The number of anilines is 1. The largest absolute Gasteiger partial charge is 0.495 e. The van der Waals surface area contributed by atoms with Gasteiger partial charge in [0.05, 0.1) is 31.6 Å². The van der Waals surface area contributed by atoms with Gasteiger partial charge < -0.3 is 19.5 Å². The standard InChI is InChI=1S/C25H22F9NO4/c1-38-20-12-17-13(11-19(20)35-4-6-39-7-5-35)8-15(21(17)36)9-14-10-16(23(26,27)28)2-3-18(14)22(37,24(29,30)31)25(32,33)34/h2-3,10-12,15,37H,4-9H2,1H3. The molecule has 1 aliphatic carbocycles. The van der Waals surface area contributed by atoms with Gasteiger partial charge in [0, 0.05) is 30.1 Å². The van der Waals surface area contributed by atoms with Gasteiger partial charge in [-0.05, 0) is 48.2 Å². The molecule has 214 valence electrons. The molecule has 0 aromatic heterocycles. The van der Waals surface area contributed by atoms with Crippen LogP contribution in [-0.4, -0.2) is 56.7 Å². The lowest BCUT2D eigenvalue weighted by molar-refractivity contribution is -0.376. The number of carbonyl (C=O) groups excluding carboxylic acids is 1. The van der Waals surface area contributed by atoms with Crippen LogP contribution in [0.1, 0.15) is 32.6 Å². The first-order chi connectivity index (χ1) is 18.0. The molecule has 0 bridgehead atoms. The predicted octanol–water partition coefficient (Wildman–Crippen LogP) is 5.46. The lowest BCUT2D eigenvalue weighted by Crippen LogP contribution is -2.54. The van der Waals surface area contributed by atoms with Crippen molar-refractivity contribution in [3.05, 3.63) is 58.1 Å². The Balaban J connectivity index is 1.77. The van der Waals surface area contributed by atoms with E-state index in [-0.39, 0.29) is 30.2 Å². The minimum atomic E-state index is -6.32. The third-order valence-corrected chi connectivity index (χ3v) is 6.97. The van der Waals surface area contributed by atoms with Crippen LogP contribution in [0.3, 0.4) is 0 Å². The van der Waals surface area contributed by atoms with Crippen molar-refractivity contribution in [3.63, 3.8) is 0 Å². The Kier molecular flexibility index (Phi) is 7.34. The number of nitrogens with zero attached hydrogens (tertiary/aromatic N) is 1. The van der Waals surface area contributed by atoms with E-state index in [9.17, 15) is 49.4 Å². The van der Waals surface area contributed by atoms with Crippen molar-refractivity contribution < 1.29 is 58.9 Å². The van der Waals surface area contributed by atoms with Crippen LogP contribution >= 0.6 is 0 Å². The number of methoxy groups -OCH3 is 1. The second kappa shape index (κ2) is 9.88. The number of morpholine rings is 1. The summed E-state index contributed by atoms with van der Waals surface area (Å²) >= 11 is 0. The van der Waals surface area contributed by atoms with Crippen LogP contribution in [0.15, 0.2) is 30.3 Å². The zero-order valence-electron chi connectivity index (χ0n) is 20.2. The highest BCUT2D eigenvalue weighted by Gasteiger charge is 2.72. The molecule has 1 atom stereocenters. The van der Waals surface area contributed by atoms with Crippen LogP contribution in [0.2, 0.25) is 0 Å². The van der Waals surface area contributed by atoms with Gasteiger partial charge in [0.2, 0.25) is 0 Å². The summed E-state index contributed by atoms with van der Waals surface area (Å²) in [5.74, 6) is -1.66. The summed E-state index contributed by atoms with van der Waals surface area (Å²) in [6.45, 7) is 1.82. The number of ketones is 1. The zero-order chi connectivity index (χ0) is 29.0. The van der Waals surface area contributed by atoms with E-state index in [0.29, 0.717) is 43.3 Å². The monoisotopic (exact) mass is 571 g/mol. The zero-order valence-corrected chi connectivity index (χ0v) is 20.2. The lowest BCUT2D eigenvalue weighted by atomic mass is 9.83. The fourth-order valence-electron chi connectivity index (χ4n) is 4.99. The number of hydrogen-bond acceptors (Lipinski definition) is 5. The number of carbonyl (C=O) groups is 1. The molecule has 1 aliphatic heterocycles. The van der Waals surface area contributed by atoms with Crippen LogP contribution in [0.4, 0.5) is 45.2 Å². The number of fused-ring (bicyclic) bond motifs is 1. The highest BCUT2D eigenvalue weighted by molar-refractivity contribution is 6.03. The van der Waals surface area contributed by atoms with Gasteiger partial charge >= 0.3 is 18.5 Å².